The highest BCUT2D eigenvalue weighted by Crippen LogP contribution is 2.44. The summed E-state index contributed by atoms with van der Waals surface area (Å²) in [6, 6.07) is 31.8. The predicted molar refractivity (Wildman–Crippen MR) is 113 cm³/mol. The molecule has 0 aliphatic rings. The summed E-state index contributed by atoms with van der Waals surface area (Å²) in [7, 11) is 0. The van der Waals surface area contributed by atoms with E-state index in [4.69, 9.17) is 0 Å². The smallest absolute Gasteiger partial charge is 0.0770 e. The van der Waals surface area contributed by atoms with Crippen LogP contribution in [-0.4, -0.2) is 0 Å². The zero-order valence-corrected chi connectivity index (χ0v) is 15.1. The Bertz CT molecular complexity index is 772. The standard InChI is InChI=1S/C25H25N/c1-3-20-25(21-4-2,22-14-8-5-9-15-22)26(23-16-10-6-11-17-23)24-18-12-7-13-19-24/h3-19H,1-2,20-21H2. The van der Waals surface area contributed by atoms with Crippen molar-refractivity contribution in [2.75, 3.05) is 4.90 Å². The summed E-state index contributed by atoms with van der Waals surface area (Å²) in [5.41, 5.74) is 3.29. The van der Waals surface area contributed by atoms with Gasteiger partial charge in [0.1, 0.15) is 0 Å². The van der Waals surface area contributed by atoms with E-state index in [1.807, 2.05) is 12.2 Å². The molecule has 130 valence electrons. The van der Waals surface area contributed by atoms with E-state index in [1.165, 1.54) is 5.56 Å². The van der Waals surface area contributed by atoms with Crippen LogP contribution in [0.3, 0.4) is 0 Å². The molecule has 1 heteroatoms. The van der Waals surface area contributed by atoms with Gasteiger partial charge in [0.2, 0.25) is 0 Å². The molecule has 0 fully saturated rings. The fraction of sp³-hybridized carbons (Fsp3) is 0.120. The van der Waals surface area contributed by atoms with Crippen LogP contribution in [0.5, 0.6) is 0 Å². The first kappa shape index (κ1) is 17.8. The van der Waals surface area contributed by atoms with E-state index in [1.54, 1.807) is 0 Å². The maximum Gasteiger partial charge on any atom is 0.0770 e. The number of rotatable bonds is 8. The molecule has 26 heavy (non-hydrogen) atoms. The van der Waals surface area contributed by atoms with E-state index >= 15 is 0 Å². The molecule has 3 aromatic carbocycles. The molecule has 0 aliphatic heterocycles. The lowest BCUT2D eigenvalue weighted by Gasteiger charge is -2.45. The summed E-state index contributed by atoms with van der Waals surface area (Å²) in [6.45, 7) is 8.12. The van der Waals surface area contributed by atoms with Crippen LogP contribution in [-0.2, 0) is 5.54 Å². The second-order valence-electron chi connectivity index (χ2n) is 6.39. The van der Waals surface area contributed by atoms with Gasteiger partial charge >= 0.3 is 0 Å². The third kappa shape index (κ3) is 3.48. The first-order valence-corrected chi connectivity index (χ1v) is 8.99. The van der Waals surface area contributed by atoms with Gasteiger partial charge in [-0.15, -0.1) is 13.2 Å². The second kappa shape index (κ2) is 8.35. The van der Waals surface area contributed by atoms with E-state index in [2.05, 4.69) is 109 Å². The lowest BCUT2D eigenvalue weighted by Crippen LogP contribution is -2.43. The summed E-state index contributed by atoms with van der Waals surface area (Å²) in [4.78, 5) is 2.42. The van der Waals surface area contributed by atoms with Gasteiger partial charge in [-0.25, -0.2) is 0 Å². The maximum absolute atomic E-state index is 4.06. The van der Waals surface area contributed by atoms with Gasteiger partial charge in [0.05, 0.1) is 5.54 Å². The topological polar surface area (TPSA) is 3.24 Å². The molecular formula is C25H25N. The number of para-hydroxylation sites is 2. The van der Waals surface area contributed by atoms with Crippen LogP contribution in [0.1, 0.15) is 18.4 Å². The Morgan fingerprint density at radius 3 is 1.38 bits per heavy atom. The maximum atomic E-state index is 4.06. The number of hydrogen-bond donors (Lipinski definition) is 0. The Morgan fingerprint density at radius 1 is 0.615 bits per heavy atom. The molecule has 0 saturated heterocycles. The molecule has 0 aromatic heterocycles. The molecule has 3 aromatic rings. The van der Waals surface area contributed by atoms with Gasteiger partial charge in [0.15, 0.2) is 0 Å². The normalized spacial score (nSPS) is 10.9. The van der Waals surface area contributed by atoms with E-state index < -0.39 is 0 Å². The lowest BCUT2D eigenvalue weighted by atomic mass is 9.80. The Kier molecular flexibility index (Phi) is 5.70. The molecule has 0 amide bonds. The van der Waals surface area contributed by atoms with Crippen LogP contribution in [0, 0.1) is 0 Å². The molecule has 0 saturated carbocycles. The van der Waals surface area contributed by atoms with Gasteiger partial charge in [-0.05, 0) is 42.7 Å². The number of anilines is 2. The molecular weight excluding hydrogens is 314 g/mol. The predicted octanol–water partition coefficient (Wildman–Crippen LogP) is 6.87. The molecule has 3 rings (SSSR count). The highest BCUT2D eigenvalue weighted by molar-refractivity contribution is 5.67. The Hall–Kier alpha value is -3.06. The molecule has 0 unspecified atom stereocenters. The van der Waals surface area contributed by atoms with Crippen molar-refractivity contribution in [2.45, 2.75) is 18.4 Å². The highest BCUT2D eigenvalue weighted by atomic mass is 15.2. The van der Waals surface area contributed by atoms with Crippen LogP contribution in [0.25, 0.3) is 0 Å². The second-order valence-corrected chi connectivity index (χ2v) is 6.39. The fourth-order valence-electron chi connectivity index (χ4n) is 3.65. The van der Waals surface area contributed by atoms with Crippen molar-refractivity contribution in [1.82, 2.24) is 0 Å². The Balaban J connectivity index is 2.28. The minimum Gasteiger partial charge on any atom is -0.331 e. The summed E-state index contributed by atoms with van der Waals surface area (Å²) in [5.74, 6) is 0. The van der Waals surface area contributed by atoms with Gasteiger partial charge in [-0.1, -0.05) is 78.9 Å². The van der Waals surface area contributed by atoms with Crippen LogP contribution in [0.4, 0.5) is 11.4 Å². The molecule has 0 heterocycles. The van der Waals surface area contributed by atoms with Crippen molar-refractivity contribution in [2.24, 2.45) is 0 Å². The molecule has 0 bridgehead atoms. The lowest BCUT2D eigenvalue weighted by molar-refractivity contribution is 0.445. The Morgan fingerprint density at radius 2 is 1.00 bits per heavy atom. The summed E-state index contributed by atoms with van der Waals surface area (Å²) in [6.07, 6.45) is 5.64. The van der Waals surface area contributed by atoms with E-state index in [0.717, 1.165) is 24.2 Å². The minimum atomic E-state index is -0.284. The SMILES string of the molecule is C=CCC(CC=C)(c1ccccc1)N(c1ccccc1)c1ccccc1. The van der Waals surface area contributed by atoms with Crippen LogP contribution in [0.2, 0.25) is 0 Å². The zero-order valence-electron chi connectivity index (χ0n) is 15.1. The van der Waals surface area contributed by atoms with E-state index in [0.29, 0.717) is 0 Å². The van der Waals surface area contributed by atoms with Crippen molar-refractivity contribution >= 4 is 11.4 Å². The number of benzene rings is 3. The highest BCUT2D eigenvalue weighted by Gasteiger charge is 2.37. The third-order valence-electron chi connectivity index (χ3n) is 4.73. The molecule has 0 N–H and O–H groups in total. The molecule has 0 spiro atoms. The first-order valence-electron chi connectivity index (χ1n) is 8.99. The average Bonchev–Trinajstić information content (AvgIpc) is 2.71. The van der Waals surface area contributed by atoms with Crippen LogP contribution < -0.4 is 4.90 Å². The first-order chi connectivity index (χ1) is 12.8. The number of nitrogens with zero attached hydrogens (tertiary/aromatic N) is 1. The quantitative estimate of drug-likeness (QED) is 0.405. The van der Waals surface area contributed by atoms with Crippen LogP contribution >= 0.6 is 0 Å². The zero-order chi connectivity index (χ0) is 18.2. The van der Waals surface area contributed by atoms with Gasteiger partial charge in [-0.2, -0.15) is 0 Å². The van der Waals surface area contributed by atoms with Gasteiger partial charge in [0.25, 0.3) is 0 Å². The van der Waals surface area contributed by atoms with Gasteiger partial charge in [0, 0.05) is 11.4 Å². The fourth-order valence-corrected chi connectivity index (χ4v) is 3.65. The molecule has 0 aliphatic carbocycles. The molecule has 0 radical (unpaired) electrons. The monoisotopic (exact) mass is 339 g/mol. The van der Waals surface area contributed by atoms with Crippen molar-refractivity contribution in [3.8, 4) is 0 Å². The largest absolute Gasteiger partial charge is 0.331 e. The van der Waals surface area contributed by atoms with Crippen LogP contribution in [0.15, 0.2) is 116 Å². The summed E-state index contributed by atoms with van der Waals surface area (Å²) < 4.78 is 0. The average molecular weight is 339 g/mol. The van der Waals surface area contributed by atoms with E-state index in [-0.39, 0.29) is 5.54 Å². The van der Waals surface area contributed by atoms with Crippen molar-refractivity contribution in [1.29, 1.82) is 0 Å². The Labute approximate surface area is 156 Å². The van der Waals surface area contributed by atoms with Gasteiger partial charge in [-0.3, -0.25) is 0 Å². The van der Waals surface area contributed by atoms with Crippen molar-refractivity contribution in [3.63, 3.8) is 0 Å². The molecule has 0 atom stereocenters. The van der Waals surface area contributed by atoms with E-state index in [9.17, 15) is 0 Å². The molecule has 1 nitrogen and oxygen atoms in total. The number of hydrogen-bond acceptors (Lipinski definition) is 1. The van der Waals surface area contributed by atoms with Gasteiger partial charge < -0.3 is 4.90 Å². The summed E-state index contributed by atoms with van der Waals surface area (Å²) >= 11 is 0. The van der Waals surface area contributed by atoms with Crippen molar-refractivity contribution in [3.05, 3.63) is 122 Å². The van der Waals surface area contributed by atoms with Crippen molar-refractivity contribution < 1.29 is 0 Å². The summed E-state index contributed by atoms with van der Waals surface area (Å²) in [5, 5.41) is 0. The minimum absolute atomic E-state index is 0.284. The third-order valence-corrected chi connectivity index (χ3v) is 4.73.